The summed E-state index contributed by atoms with van der Waals surface area (Å²) in [6, 6.07) is 5.50. The van der Waals surface area contributed by atoms with Crippen LogP contribution in [0.3, 0.4) is 0 Å². The largest absolute Gasteiger partial charge is 0.379 e. The number of ether oxygens (including phenoxy) is 1. The SMILES string of the molecule is Cc1ccc(NC(=O)Cc2csc(CN3CCOCC3)n2)cc1Cl. The minimum Gasteiger partial charge on any atom is -0.379 e. The zero-order valence-corrected chi connectivity index (χ0v) is 15.1. The van der Waals surface area contributed by atoms with Crippen molar-refractivity contribution in [2.45, 2.75) is 19.9 Å². The summed E-state index contributed by atoms with van der Waals surface area (Å²) < 4.78 is 5.35. The van der Waals surface area contributed by atoms with Crippen molar-refractivity contribution in [3.63, 3.8) is 0 Å². The van der Waals surface area contributed by atoms with Crippen LogP contribution in [0.2, 0.25) is 5.02 Å². The second-order valence-electron chi connectivity index (χ2n) is 5.81. The number of hydrogen-bond donors (Lipinski definition) is 1. The molecule has 0 unspecified atom stereocenters. The third-order valence-electron chi connectivity index (χ3n) is 3.86. The molecule has 0 bridgehead atoms. The summed E-state index contributed by atoms with van der Waals surface area (Å²) in [5, 5.41) is 6.51. The molecule has 24 heavy (non-hydrogen) atoms. The molecule has 0 aliphatic carbocycles. The molecule has 1 fully saturated rings. The molecule has 7 heteroatoms. The van der Waals surface area contributed by atoms with Crippen LogP contribution in [0.15, 0.2) is 23.6 Å². The third kappa shape index (κ3) is 4.77. The van der Waals surface area contributed by atoms with Gasteiger partial charge in [0.05, 0.1) is 31.9 Å². The highest BCUT2D eigenvalue weighted by Crippen LogP contribution is 2.20. The summed E-state index contributed by atoms with van der Waals surface area (Å²) in [6.45, 7) is 6.18. The summed E-state index contributed by atoms with van der Waals surface area (Å²) in [6.07, 6.45) is 0.269. The van der Waals surface area contributed by atoms with Gasteiger partial charge in [0.15, 0.2) is 0 Å². The summed E-state index contributed by atoms with van der Waals surface area (Å²) in [5.41, 5.74) is 2.50. The average molecular weight is 366 g/mol. The maximum absolute atomic E-state index is 12.2. The van der Waals surface area contributed by atoms with Gasteiger partial charge in [0, 0.05) is 29.2 Å². The molecule has 2 aromatic rings. The number of amides is 1. The van der Waals surface area contributed by atoms with E-state index < -0.39 is 0 Å². The number of nitrogens with one attached hydrogen (secondary N) is 1. The van der Waals surface area contributed by atoms with Crippen LogP contribution in [0, 0.1) is 6.92 Å². The van der Waals surface area contributed by atoms with Gasteiger partial charge in [-0.05, 0) is 24.6 Å². The molecular formula is C17H20ClN3O2S. The van der Waals surface area contributed by atoms with E-state index in [-0.39, 0.29) is 12.3 Å². The Morgan fingerprint density at radius 1 is 1.42 bits per heavy atom. The number of morpholine rings is 1. The Balaban J connectivity index is 1.53. The van der Waals surface area contributed by atoms with Crippen LogP contribution in [0.5, 0.6) is 0 Å². The van der Waals surface area contributed by atoms with Gasteiger partial charge in [-0.25, -0.2) is 4.98 Å². The number of hydrogen-bond acceptors (Lipinski definition) is 5. The Bertz CT molecular complexity index is 714. The first-order valence-electron chi connectivity index (χ1n) is 7.89. The van der Waals surface area contributed by atoms with E-state index in [1.54, 1.807) is 17.4 Å². The van der Waals surface area contributed by atoms with Crippen LogP contribution in [0.25, 0.3) is 0 Å². The monoisotopic (exact) mass is 365 g/mol. The van der Waals surface area contributed by atoms with Gasteiger partial charge in [0.25, 0.3) is 0 Å². The van der Waals surface area contributed by atoms with E-state index in [2.05, 4.69) is 15.2 Å². The number of nitrogens with zero attached hydrogens (tertiary/aromatic N) is 2. The average Bonchev–Trinajstić information content (AvgIpc) is 2.99. The lowest BCUT2D eigenvalue weighted by atomic mass is 10.2. The number of thiazole rings is 1. The minimum absolute atomic E-state index is 0.0851. The van der Waals surface area contributed by atoms with E-state index in [0.717, 1.165) is 49.1 Å². The lowest BCUT2D eigenvalue weighted by Crippen LogP contribution is -2.35. The van der Waals surface area contributed by atoms with Crippen molar-refractivity contribution in [2.75, 3.05) is 31.6 Å². The molecule has 5 nitrogen and oxygen atoms in total. The number of benzene rings is 1. The van der Waals surface area contributed by atoms with Crippen molar-refractivity contribution in [1.29, 1.82) is 0 Å². The number of rotatable bonds is 5. The van der Waals surface area contributed by atoms with Gasteiger partial charge in [-0.2, -0.15) is 0 Å². The minimum atomic E-state index is -0.0851. The van der Waals surface area contributed by atoms with Crippen LogP contribution >= 0.6 is 22.9 Å². The quantitative estimate of drug-likeness (QED) is 0.884. The number of halogens is 1. The zero-order chi connectivity index (χ0) is 16.9. The normalized spacial score (nSPS) is 15.4. The topological polar surface area (TPSA) is 54.5 Å². The van der Waals surface area contributed by atoms with Crippen molar-refractivity contribution in [3.05, 3.63) is 44.9 Å². The molecule has 1 aromatic carbocycles. The Hall–Kier alpha value is -1.47. The highest BCUT2D eigenvalue weighted by atomic mass is 35.5. The van der Waals surface area contributed by atoms with E-state index >= 15 is 0 Å². The molecule has 1 aromatic heterocycles. The number of anilines is 1. The molecule has 1 N–H and O–H groups in total. The second kappa shape index (κ2) is 8.07. The van der Waals surface area contributed by atoms with Crippen molar-refractivity contribution in [2.24, 2.45) is 0 Å². The molecule has 1 saturated heterocycles. The van der Waals surface area contributed by atoms with Crippen molar-refractivity contribution in [3.8, 4) is 0 Å². The van der Waals surface area contributed by atoms with Gasteiger partial charge in [0.2, 0.25) is 5.91 Å². The van der Waals surface area contributed by atoms with Gasteiger partial charge in [-0.1, -0.05) is 17.7 Å². The Morgan fingerprint density at radius 2 is 2.21 bits per heavy atom. The van der Waals surface area contributed by atoms with E-state index in [1.807, 2.05) is 24.4 Å². The summed E-state index contributed by atoms with van der Waals surface area (Å²) in [4.78, 5) is 19.0. The third-order valence-corrected chi connectivity index (χ3v) is 5.15. The number of carbonyl (C=O) groups is 1. The van der Waals surface area contributed by atoms with E-state index in [9.17, 15) is 4.79 Å². The first kappa shape index (κ1) is 17.4. The number of aryl methyl sites for hydroxylation is 1. The van der Waals surface area contributed by atoms with Gasteiger partial charge in [0.1, 0.15) is 5.01 Å². The second-order valence-corrected chi connectivity index (χ2v) is 7.16. The smallest absolute Gasteiger partial charge is 0.230 e. The Kier molecular flexibility index (Phi) is 5.84. The maximum atomic E-state index is 12.2. The van der Waals surface area contributed by atoms with Crippen molar-refractivity contribution < 1.29 is 9.53 Å². The van der Waals surface area contributed by atoms with Crippen molar-refractivity contribution in [1.82, 2.24) is 9.88 Å². The summed E-state index contributed by atoms with van der Waals surface area (Å²) in [7, 11) is 0. The maximum Gasteiger partial charge on any atom is 0.230 e. The van der Waals surface area contributed by atoms with Crippen molar-refractivity contribution >= 4 is 34.5 Å². The van der Waals surface area contributed by atoms with Crippen LogP contribution in [-0.4, -0.2) is 42.1 Å². The molecule has 2 heterocycles. The van der Waals surface area contributed by atoms with E-state index in [0.29, 0.717) is 10.7 Å². The van der Waals surface area contributed by atoms with Crippen LogP contribution in [0.4, 0.5) is 5.69 Å². The fourth-order valence-electron chi connectivity index (χ4n) is 2.49. The van der Waals surface area contributed by atoms with Gasteiger partial charge in [-0.15, -0.1) is 11.3 Å². The number of carbonyl (C=O) groups excluding carboxylic acids is 1. The molecule has 0 radical (unpaired) electrons. The fourth-order valence-corrected chi connectivity index (χ4v) is 3.51. The lowest BCUT2D eigenvalue weighted by Gasteiger charge is -2.25. The lowest BCUT2D eigenvalue weighted by molar-refractivity contribution is -0.115. The highest BCUT2D eigenvalue weighted by molar-refractivity contribution is 7.09. The fraction of sp³-hybridized carbons (Fsp3) is 0.412. The molecular weight excluding hydrogens is 346 g/mol. The van der Waals surface area contributed by atoms with E-state index in [4.69, 9.17) is 16.3 Å². The summed E-state index contributed by atoms with van der Waals surface area (Å²) in [5.74, 6) is -0.0851. The zero-order valence-electron chi connectivity index (χ0n) is 13.5. The molecule has 1 aliphatic heterocycles. The van der Waals surface area contributed by atoms with E-state index in [1.165, 1.54) is 0 Å². The molecule has 0 saturated carbocycles. The van der Waals surface area contributed by atoms with Gasteiger partial charge >= 0.3 is 0 Å². The van der Waals surface area contributed by atoms with Crippen LogP contribution in [0.1, 0.15) is 16.3 Å². The highest BCUT2D eigenvalue weighted by Gasteiger charge is 2.14. The van der Waals surface area contributed by atoms with Gasteiger partial charge in [-0.3, -0.25) is 9.69 Å². The predicted molar refractivity (Wildman–Crippen MR) is 96.7 cm³/mol. The molecule has 1 aliphatic rings. The molecule has 0 spiro atoms. The number of aromatic nitrogens is 1. The molecule has 3 rings (SSSR count). The predicted octanol–water partition coefficient (Wildman–Crippen LogP) is 3.12. The van der Waals surface area contributed by atoms with Crippen LogP contribution in [-0.2, 0) is 22.5 Å². The molecule has 128 valence electrons. The van der Waals surface area contributed by atoms with Crippen LogP contribution < -0.4 is 5.32 Å². The molecule has 1 amide bonds. The Morgan fingerprint density at radius 3 is 2.96 bits per heavy atom. The first-order chi connectivity index (χ1) is 11.6. The standard InChI is InChI=1S/C17H20ClN3O2S/c1-12-2-3-13(8-15(12)18)19-16(22)9-14-11-24-17(20-14)10-21-4-6-23-7-5-21/h2-3,8,11H,4-7,9-10H2,1H3,(H,19,22). The molecule has 0 atom stereocenters. The van der Waals surface area contributed by atoms with Gasteiger partial charge < -0.3 is 10.1 Å². The summed E-state index contributed by atoms with van der Waals surface area (Å²) >= 11 is 7.68. The Labute approximate surface area is 150 Å². The first-order valence-corrected chi connectivity index (χ1v) is 9.15.